The summed E-state index contributed by atoms with van der Waals surface area (Å²) in [5.74, 6) is 0.555. The largest absolute Gasteiger partial charge is 0.441 e. The van der Waals surface area contributed by atoms with Crippen molar-refractivity contribution in [1.82, 2.24) is 9.97 Å². The lowest BCUT2D eigenvalue weighted by molar-refractivity contribution is 0.0148. The van der Waals surface area contributed by atoms with Crippen LogP contribution in [0.5, 0.6) is 0 Å². The topological polar surface area (TPSA) is 67.4 Å². The van der Waals surface area contributed by atoms with E-state index in [4.69, 9.17) is 9.72 Å². The summed E-state index contributed by atoms with van der Waals surface area (Å²) in [6, 6.07) is 15.8. The molecule has 0 atom stereocenters. The van der Waals surface area contributed by atoms with Crippen LogP contribution in [0.4, 0.5) is 15.6 Å². The predicted molar refractivity (Wildman–Crippen MR) is 124 cm³/mol. The minimum Gasteiger partial charge on any atom is -0.441 e. The molecule has 1 saturated heterocycles. The van der Waals surface area contributed by atoms with Crippen molar-refractivity contribution in [2.24, 2.45) is 5.92 Å². The monoisotopic (exact) mass is 434 g/mol. The first-order valence-corrected chi connectivity index (χ1v) is 11.7. The van der Waals surface area contributed by atoms with Crippen molar-refractivity contribution < 1.29 is 9.53 Å². The number of aryl methyl sites for hydroxylation is 1. The number of para-hydroxylation sites is 1. The van der Waals surface area contributed by atoms with Crippen molar-refractivity contribution >= 4 is 28.2 Å². The Hall–Kier alpha value is -2.93. The number of carbonyl (C=O) groups is 1. The molecule has 6 nitrogen and oxygen atoms in total. The molecule has 2 aliphatic rings. The highest BCUT2D eigenvalue weighted by atomic mass is 32.1. The van der Waals surface area contributed by atoms with Gasteiger partial charge in [-0.3, -0.25) is 9.88 Å². The number of aromatic nitrogens is 2. The van der Waals surface area contributed by atoms with Gasteiger partial charge in [0.25, 0.3) is 0 Å². The maximum Gasteiger partial charge on any atom is 0.415 e. The highest BCUT2D eigenvalue weighted by Gasteiger charge is 2.47. The van der Waals surface area contributed by atoms with Gasteiger partial charge in [-0.25, -0.2) is 9.78 Å². The second-order valence-electron chi connectivity index (χ2n) is 8.50. The third kappa shape index (κ3) is 4.28. The summed E-state index contributed by atoms with van der Waals surface area (Å²) < 4.78 is 5.88. The van der Waals surface area contributed by atoms with Gasteiger partial charge in [0.2, 0.25) is 0 Å². The Balaban J connectivity index is 1.15. The fourth-order valence-electron chi connectivity index (χ4n) is 4.49. The lowest BCUT2D eigenvalue weighted by atomic mass is 9.78. The molecule has 3 aromatic rings. The smallest absolute Gasteiger partial charge is 0.415 e. The summed E-state index contributed by atoms with van der Waals surface area (Å²) in [6.45, 7) is 3.53. The molecule has 1 aliphatic carbocycles. The van der Waals surface area contributed by atoms with E-state index in [0.717, 1.165) is 60.1 Å². The van der Waals surface area contributed by atoms with Crippen molar-refractivity contribution in [3.05, 3.63) is 59.6 Å². The summed E-state index contributed by atoms with van der Waals surface area (Å²) >= 11 is 1.62. The number of thiazole rings is 1. The summed E-state index contributed by atoms with van der Waals surface area (Å²) in [4.78, 5) is 23.5. The molecule has 1 spiro atoms. The molecule has 0 bridgehead atoms. The Kier molecular flexibility index (Phi) is 5.36. The normalized spacial score (nSPS) is 23.2. The van der Waals surface area contributed by atoms with E-state index in [1.54, 1.807) is 16.2 Å². The molecule has 2 fully saturated rings. The Bertz CT molecular complexity index is 1060. The third-order valence-corrected chi connectivity index (χ3v) is 7.05. The molecule has 5 rings (SSSR count). The van der Waals surface area contributed by atoms with Gasteiger partial charge in [-0.05, 0) is 62.8 Å². The molecule has 31 heavy (non-hydrogen) atoms. The van der Waals surface area contributed by atoms with Crippen LogP contribution in [0, 0.1) is 12.8 Å². The number of hydrogen-bond donors (Lipinski definition) is 1. The predicted octanol–water partition coefficient (Wildman–Crippen LogP) is 5.51. The van der Waals surface area contributed by atoms with E-state index >= 15 is 0 Å². The summed E-state index contributed by atoms with van der Waals surface area (Å²) in [6.07, 6.45) is 3.68. The fourth-order valence-corrected chi connectivity index (χ4v) is 5.20. The van der Waals surface area contributed by atoms with Crippen molar-refractivity contribution in [1.29, 1.82) is 0 Å². The molecule has 7 heteroatoms. The quantitative estimate of drug-likeness (QED) is 0.573. The number of hydrogen-bond acceptors (Lipinski definition) is 6. The number of nitrogens with zero attached hydrogens (tertiary/aromatic N) is 3. The Labute approximate surface area is 186 Å². The number of anilines is 2. The van der Waals surface area contributed by atoms with Crippen LogP contribution in [-0.4, -0.2) is 34.8 Å². The summed E-state index contributed by atoms with van der Waals surface area (Å²) in [7, 11) is 0. The minimum atomic E-state index is -0.339. The average molecular weight is 435 g/mol. The number of rotatable bonds is 5. The van der Waals surface area contributed by atoms with Crippen LogP contribution in [0.2, 0.25) is 0 Å². The van der Waals surface area contributed by atoms with E-state index < -0.39 is 0 Å². The number of nitrogens with one attached hydrogen (secondary N) is 1. The van der Waals surface area contributed by atoms with Crippen LogP contribution in [0.15, 0.2) is 53.9 Å². The highest BCUT2D eigenvalue weighted by molar-refractivity contribution is 7.14. The molecule has 1 aliphatic heterocycles. The molecule has 160 valence electrons. The Morgan fingerprint density at radius 1 is 1.10 bits per heavy atom. The van der Waals surface area contributed by atoms with E-state index in [-0.39, 0.29) is 11.7 Å². The first-order chi connectivity index (χ1) is 15.1. The second kappa shape index (κ2) is 8.30. The first-order valence-electron chi connectivity index (χ1n) is 10.8. The number of benzene rings is 1. The molecule has 3 heterocycles. The number of ether oxygens (including phenoxy) is 1. The standard InChI is InChI=1S/C24H26N4O2S/c1-17-6-5-9-20(26-17)21-15-31-22(27-21)25-14-18-10-12-24(13-11-18)16-28(23(29)30-24)19-7-3-2-4-8-19/h2-9,15,18H,10-14,16H2,1H3,(H,25,27)/t18-,24-. The number of carbonyl (C=O) groups excluding carboxylic acids is 1. The second-order valence-corrected chi connectivity index (χ2v) is 9.36. The van der Waals surface area contributed by atoms with Gasteiger partial charge in [0.15, 0.2) is 5.13 Å². The van der Waals surface area contributed by atoms with Crippen LogP contribution in [0.3, 0.4) is 0 Å². The van der Waals surface area contributed by atoms with Crippen molar-refractivity contribution in [3.8, 4) is 11.4 Å². The SMILES string of the molecule is Cc1cccc(-c2csc(NC[C@H]3CC[C@]4(CC3)CN(c3ccccc3)C(=O)O4)n2)n1. The molecular formula is C24H26N4O2S. The van der Waals surface area contributed by atoms with Gasteiger partial charge in [-0.1, -0.05) is 24.3 Å². The third-order valence-electron chi connectivity index (χ3n) is 6.25. The molecule has 1 amide bonds. The van der Waals surface area contributed by atoms with Crippen LogP contribution in [-0.2, 0) is 4.74 Å². The number of amides is 1. The van der Waals surface area contributed by atoms with E-state index in [9.17, 15) is 4.79 Å². The van der Waals surface area contributed by atoms with Gasteiger partial charge in [-0.2, -0.15) is 0 Å². The van der Waals surface area contributed by atoms with Gasteiger partial charge < -0.3 is 10.1 Å². The minimum absolute atomic E-state index is 0.220. The van der Waals surface area contributed by atoms with Crippen molar-refractivity contribution in [2.45, 2.75) is 38.2 Å². The lowest BCUT2D eigenvalue weighted by Crippen LogP contribution is -2.39. The van der Waals surface area contributed by atoms with E-state index in [1.165, 1.54) is 0 Å². The summed E-state index contributed by atoms with van der Waals surface area (Å²) in [5.41, 5.74) is 3.40. The van der Waals surface area contributed by atoms with Gasteiger partial charge in [0.1, 0.15) is 11.3 Å². The summed E-state index contributed by atoms with van der Waals surface area (Å²) in [5, 5.41) is 6.49. The Morgan fingerprint density at radius 3 is 2.68 bits per heavy atom. The van der Waals surface area contributed by atoms with E-state index in [0.29, 0.717) is 12.5 Å². The van der Waals surface area contributed by atoms with Crippen LogP contribution < -0.4 is 10.2 Å². The fraction of sp³-hybridized carbons (Fsp3) is 0.375. The van der Waals surface area contributed by atoms with Gasteiger partial charge in [0, 0.05) is 23.3 Å². The van der Waals surface area contributed by atoms with Gasteiger partial charge in [0.05, 0.1) is 12.2 Å². The zero-order valence-corrected chi connectivity index (χ0v) is 18.4. The number of pyridine rings is 1. The van der Waals surface area contributed by atoms with Crippen LogP contribution >= 0.6 is 11.3 Å². The molecule has 1 saturated carbocycles. The molecule has 0 radical (unpaired) electrons. The van der Waals surface area contributed by atoms with Crippen LogP contribution in [0.25, 0.3) is 11.4 Å². The molecular weight excluding hydrogens is 408 g/mol. The average Bonchev–Trinajstić information content (AvgIpc) is 3.39. The van der Waals surface area contributed by atoms with E-state index in [1.807, 2.05) is 55.5 Å². The van der Waals surface area contributed by atoms with Crippen molar-refractivity contribution in [2.75, 3.05) is 23.3 Å². The van der Waals surface area contributed by atoms with Crippen molar-refractivity contribution in [3.63, 3.8) is 0 Å². The van der Waals surface area contributed by atoms with E-state index in [2.05, 4.69) is 15.7 Å². The Morgan fingerprint density at radius 2 is 1.90 bits per heavy atom. The van der Waals surface area contributed by atoms with Gasteiger partial charge in [-0.15, -0.1) is 11.3 Å². The van der Waals surface area contributed by atoms with Crippen LogP contribution in [0.1, 0.15) is 31.4 Å². The zero-order chi connectivity index (χ0) is 21.3. The zero-order valence-electron chi connectivity index (χ0n) is 17.6. The highest BCUT2D eigenvalue weighted by Crippen LogP contribution is 2.41. The van der Waals surface area contributed by atoms with Gasteiger partial charge >= 0.3 is 6.09 Å². The molecule has 0 unspecified atom stereocenters. The maximum absolute atomic E-state index is 12.5. The lowest BCUT2D eigenvalue weighted by Gasteiger charge is -2.35. The molecule has 2 aromatic heterocycles. The molecule has 1 N–H and O–H groups in total. The molecule has 1 aromatic carbocycles. The maximum atomic E-state index is 12.5. The first kappa shape index (κ1) is 20.0.